The number of carbonyl (C=O) groups is 1. The van der Waals surface area contributed by atoms with E-state index in [0.29, 0.717) is 5.69 Å². The van der Waals surface area contributed by atoms with Crippen LogP contribution in [0.5, 0.6) is 0 Å². The smallest absolute Gasteiger partial charge is 0.240 e. The van der Waals surface area contributed by atoms with Crippen LogP contribution in [0.3, 0.4) is 0 Å². The molecule has 0 saturated heterocycles. The highest BCUT2D eigenvalue weighted by molar-refractivity contribution is 7.92. The van der Waals surface area contributed by atoms with Gasteiger partial charge >= 0.3 is 0 Å². The fourth-order valence-electron chi connectivity index (χ4n) is 1.36. The molecule has 1 aromatic carbocycles. The molecule has 0 aliphatic rings. The molecule has 1 unspecified atom stereocenters. The van der Waals surface area contributed by atoms with E-state index in [1.807, 2.05) is 0 Å². The maximum atomic E-state index is 12.1. The van der Waals surface area contributed by atoms with Crippen LogP contribution in [-0.4, -0.2) is 38.6 Å². The highest BCUT2D eigenvalue weighted by Crippen LogP contribution is 2.18. The number of sulfone groups is 1. The molecular weight excluding hydrogens is 240 g/mol. The molecule has 0 aromatic heterocycles. The minimum atomic E-state index is -3.65. The first-order chi connectivity index (χ1) is 7.76. The zero-order chi connectivity index (χ0) is 13.2. The Kier molecular flexibility index (Phi) is 3.77. The maximum Gasteiger partial charge on any atom is 0.240 e. The number of benzene rings is 1. The maximum absolute atomic E-state index is 12.1. The number of hydrogen-bond donors (Lipinski definition) is 1. The molecular formula is C11H16N2O3S. The van der Waals surface area contributed by atoms with Gasteiger partial charge in [0.1, 0.15) is 5.25 Å². The normalized spacial score (nSPS) is 13.1. The zero-order valence-corrected chi connectivity index (χ0v) is 10.9. The number of carbonyl (C=O) groups excluding carboxylic acids is 1. The first kappa shape index (κ1) is 13.5. The van der Waals surface area contributed by atoms with E-state index in [0.717, 1.165) is 0 Å². The predicted octanol–water partition coefficient (Wildman–Crippen LogP) is 0.519. The molecule has 17 heavy (non-hydrogen) atoms. The van der Waals surface area contributed by atoms with E-state index in [1.54, 1.807) is 0 Å². The lowest BCUT2D eigenvalue weighted by atomic mass is 10.3. The number of nitrogen functional groups attached to an aromatic ring is 1. The number of amides is 1. The molecule has 0 aliphatic carbocycles. The Morgan fingerprint density at radius 1 is 1.24 bits per heavy atom. The summed E-state index contributed by atoms with van der Waals surface area (Å²) in [6.45, 7) is 1.38. The van der Waals surface area contributed by atoms with Crippen molar-refractivity contribution in [1.29, 1.82) is 0 Å². The standard InChI is InChI=1S/C11H16N2O3S/c1-8(11(14)13(2)3)17(15,16)10-6-4-9(12)5-7-10/h4-8H,12H2,1-3H3. The topological polar surface area (TPSA) is 80.5 Å². The van der Waals surface area contributed by atoms with Crippen LogP contribution < -0.4 is 5.73 Å². The second-order valence-corrected chi connectivity index (χ2v) is 6.26. The van der Waals surface area contributed by atoms with Crippen LogP contribution in [-0.2, 0) is 14.6 Å². The largest absolute Gasteiger partial charge is 0.399 e. The fourth-order valence-corrected chi connectivity index (χ4v) is 2.76. The Labute approximate surface area is 101 Å². The summed E-state index contributed by atoms with van der Waals surface area (Å²) in [6, 6.07) is 5.81. The lowest BCUT2D eigenvalue weighted by molar-refractivity contribution is -0.127. The van der Waals surface area contributed by atoms with E-state index >= 15 is 0 Å². The summed E-state index contributed by atoms with van der Waals surface area (Å²) >= 11 is 0. The average molecular weight is 256 g/mol. The van der Waals surface area contributed by atoms with Crippen molar-refractivity contribution in [3.63, 3.8) is 0 Å². The Balaban J connectivity index is 3.11. The lowest BCUT2D eigenvalue weighted by Crippen LogP contribution is -2.37. The Bertz CT molecular complexity index is 506. The third-order valence-corrected chi connectivity index (χ3v) is 4.52. The molecule has 6 heteroatoms. The number of rotatable bonds is 3. The van der Waals surface area contributed by atoms with Crippen molar-refractivity contribution in [2.24, 2.45) is 0 Å². The lowest BCUT2D eigenvalue weighted by Gasteiger charge is -2.17. The minimum absolute atomic E-state index is 0.106. The molecule has 2 N–H and O–H groups in total. The molecule has 0 aliphatic heterocycles. The van der Waals surface area contributed by atoms with Gasteiger partial charge in [-0.3, -0.25) is 4.79 Å². The summed E-state index contributed by atoms with van der Waals surface area (Å²) in [6.07, 6.45) is 0. The summed E-state index contributed by atoms with van der Waals surface area (Å²) in [5.74, 6) is -0.443. The van der Waals surface area contributed by atoms with Crippen LogP contribution in [0.4, 0.5) is 5.69 Å². The van der Waals surface area contributed by atoms with E-state index in [4.69, 9.17) is 5.73 Å². The van der Waals surface area contributed by atoms with Crippen molar-refractivity contribution >= 4 is 21.4 Å². The van der Waals surface area contributed by atoms with Crippen molar-refractivity contribution in [1.82, 2.24) is 4.90 Å². The third kappa shape index (κ3) is 2.76. The van der Waals surface area contributed by atoms with Gasteiger partial charge in [-0.25, -0.2) is 8.42 Å². The van der Waals surface area contributed by atoms with Gasteiger partial charge in [-0.1, -0.05) is 0 Å². The van der Waals surface area contributed by atoms with Gasteiger partial charge in [-0.05, 0) is 31.2 Å². The third-order valence-electron chi connectivity index (χ3n) is 2.46. The summed E-state index contributed by atoms with van der Waals surface area (Å²) in [7, 11) is -0.596. The van der Waals surface area contributed by atoms with E-state index in [2.05, 4.69) is 0 Å². The van der Waals surface area contributed by atoms with Crippen molar-refractivity contribution in [3.05, 3.63) is 24.3 Å². The first-order valence-corrected chi connectivity index (χ1v) is 6.62. The zero-order valence-electron chi connectivity index (χ0n) is 10.0. The fraction of sp³-hybridized carbons (Fsp3) is 0.364. The molecule has 1 aromatic rings. The highest BCUT2D eigenvalue weighted by atomic mass is 32.2. The molecule has 94 valence electrons. The number of nitrogens with zero attached hydrogens (tertiary/aromatic N) is 1. The second kappa shape index (κ2) is 4.75. The average Bonchev–Trinajstić information content (AvgIpc) is 2.27. The van der Waals surface area contributed by atoms with Crippen LogP contribution in [0.15, 0.2) is 29.2 Å². The molecule has 0 fully saturated rings. The quantitative estimate of drug-likeness (QED) is 0.799. The number of anilines is 1. The van der Waals surface area contributed by atoms with Crippen molar-refractivity contribution in [3.8, 4) is 0 Å². The van der Waals surface area contributed by atoms with Gasteiger partial charge in [-0.2, -0.15) is 0 Å². The van der Waals surface area contributed by atoms with Gasteiger partial charge in [0.05, 0.1) is 4.90 Å². The van der Waals surface area contributed by atoms with Gasteiger partial charge in [-0.15, -0.1) is 0 Å². The number of hydrogen-bond acceptors (Lipinski definition) is 4. The molecule has 0 radical (unpaired) electrons. The van der Waals surface area contributed by atoms with Crippen molar-refractivity contribution in [2.75, 3.05) is 19.8 Å². The van der Waals surface area contributed by atoms with Crippen molar-refractivity contribution < 1.29 is 13.2 Å². The monoisotopic (exact) mass is 256 g/mol. The molecule has 0 saturated carbocycles. The van der Waals surface area contributed by atoms with Crippen LogP contribution >= 0.6 is 0 Å². The molecule has 0 heterocycles. The van der Waals surface area contributed by atoms with E-state index < -0.39 is 21.0 Å². The highest BCUT2D eigenvalue weighted by Gasteiger charge is 2.30. The van der Waals surface area contributed by atoms with E-state index in [-0.39, 0.29) is 4.90 Å². The van der Waals surface area contributed by atoms with Crippen LogP contribution in [0.1, 0.15) is 6.92 Å². The first-order valence-electron chi connectivity index (χ1n) is 5.07. The molecule has 1 atom stereocenters. The predicted molar refractivity (Wildman–Crippen MR) is 66.2 cm³/mol. The summed E-state index contributed by atoms with van der Waals surface area (Å²) < 4.78 is 24.2. The van der Waals surface area contributed by atoms with Gasteiger partial charge in [0, 0.05) is 19.8 Å². The summed E-state index contributed by atoms with van der Waals surface area (Å²) in [5.41, 5.74) is 5.97. The molecule has 0 spiro atoms. The van der Waals surface area contributed by atoms with Crippen LogP contribution in [0, 0.1) is 0 Å². The van der Waals surface area contributed by atoms with Gasteiger partial charge in [0.25, 0.3) is 0 Å². The second-order valence-electron chi connectivity index (χ2n) is 3.99. The molecule has 1 amide bonds. The molecule has 5 nitrogen and oxygen atoms in total. The number of nitrogens with two attached hydrogens (primary N) is 1. The SMILES string of the molecule is CC(C(=O)N(C)C)S(=O)(=O)c1ccc(N)cc1. The van der Waals surface area contributed by atoms with Gasteiger partial charge in [0.2, 0.25) is 5.91 Å². The Hall–Kier alpha value is -1.56. The Morgan fingerprint density at radius 2 is 1.71 bits per heavy atom. The van der Waals surface area contributed by atoms with Crippen LogP contribution in [0.25, 0.3) is 0 Å². The van der Waals surface area contributed by atoms with Gasteiger partial charge in [0.15, 0.2) is 9.84 Å². The Morgan fingerprint density at radius 3 is 2.12 bits per heavy atom. The van der Waals surface area contributed by atoms with E-state index in [1.165, 1.54) is 50.2 Å². The van der Waals surface area contributed by atoms with Crippen LogP contribution in [0.2, 0.25) is 0 Å². The van der Waals surface area contributed by atoms with Crippen molar-refractivity contribution in [2.45, 2.75) is 17.1 Å². The van der Waals surface area contributed by atoms with Gasteiger partial charge < -0.3 is 10.6 Å². The molecule has 1 rings (SSSR count). The summed E-state index contributed by atoms with van der Waals surface area (Å²) in [5, 5.41) is -1.10. The van der Waals surface area contributed by atoms with E-state index in [9.17, 15) is 13.2 Å². The molecule has 0 bridgehead atoms. The minimum Gasteiger partial charge on any atom is -0.399 e. The summed E-state index contributed by atoms with van der Waals surface area (Å²) in [4.78, 5) is 13.0.